The van der Waals surface area contributed by atoms with Gasteiger partial charge in [-0.05, 0) is 59.9 Å². The van der Waals surface area contributed by atoms with Crippen molar-refractivity contribution in [2.24, 2.45) is 10.4 Å². The minimum absolute atomic E-state index is 0.0596. The third-order valence-corrected chi connectivity index (χ3v) is 8.23. The molecule has 1 aliphatic rings. The van der Waals surface area contributed by atoms with Gasteiger partial charge in [-0.25, -0.2) is 10.4 Å². The molecule has 0 bridgehead atoms. The summed E-state index contributed by atoms with van der Waals surface area (Å²) in [4.78, 5) is 19.3. The van der Waals surface area contributed by atoms with Crippen LogP contribution in [-0.4, -0.2) is 42.2 Å². The van der Waals surface area contributed by atoms with E-state index in [-0.39, 0.29) is 24.3 Å². The third kappa shape index (κ3) is 8.05. The highest BCUT2D eigenvalue weighted by Gasteiger charge is 2.54. The Hall–Kier alpha value is -2.62. The van der Waals surface area contributed by atoms with E-state index in [0.29, 0.717) is 52.4 Å². The molecule has 7 nitrogen and oxygen atoms in total. The zero-order valence-corrected chi connectivity index (χ0v) is 27.0. The summed E-state index contributed by atoms with van der Waals surface area (Å²) >= 11 is 16.6. The van der Waals surface area contributed by atoms with Crippen LogP contribution in [-0.2, 0) is 16.0 Å². The standard InChI is InChI=1S/C32H36BrCl2N3O4/c1-31(2,3)15-16-36-38-30(40)32(20-22-7-4-5-8-26(22)33)28(25-14-11-23(34)19-27(25)35)42-29(37-32)21-9-12-24(13-10-21)41-18-6-17-39/h4-5,7-14,19,28,36,39H,6,15-18,20H2,1-3H3,(H,38,40)/t28-,32-/m0/s1. The topological polar surface area (TPSA) is 92.2 Å². The first-order valence-electron chi connectivity index (χ1n) is 13.8. The maximum Gasteiger partial charge on any atom is 0.266 e. The van der Waals surface area contributed by atoms with Crippen LogP contribution in [0.5, 0.6) is 5.75 Å². The van der Waals surface area contributed by atoms with E-state index in [4.69, 9.17) is 42.8 Å². The Kier molecular flexibility index (Phi) is 10.9. The molecule has 3 aromatic carbocycles. The van der Waals surface area contributed by atoms with Gasteiger partial charge >= 0.3 is 0 Å². The highest BCUT2D eigenvalue weighted by Crippen LogP contribution is 2.45. The number of nitrogens with zero attached hydrogens (tertiary/aromatic N) is 1. The second kappa shape index (κ2) is 14.2. The Bertz CT molecular complexity index is 1410. The van der Waals surface area contributed by atoms with Crippen molar-refractivity contribution in [3.63, 3.8) is 0 Å². The molecule has 0 saturated heterocycles. The van der Waals surface area contributed by atoms with Crippen molar-refractivity contribution in [1.29, 1.82) is 0 Å². The fraction of sp³-hybridized carbons (Fsp3) is 0.375. The molecule has 0 unspecified atom stereocenters. The van der Waals surface area contributed by atoms with Gasteiger partial charge in [0.25, 0.3) is 5.91 Å². The summed E-state index contributed by atoms with van der Waals surface area (Å²) < 4.78 is 13.1. The van der Waals surface area contributed by atoms with Gasteiger partial charge in [-0.1, -0.05) is 84.2 Å². The Morgan fingerprint density at radius 2 is 1.86 bits per heavy atom. The quantitative estimate of drug-likeness (QED) is 0.141. The van der Waals surface area contributed by atoms with Gasteiger partial charge in [0.05, 0.1) is 6.61 Å². The molecule has 3 N–H and O–H groups in total. The van der Waals surface area contributed by atoms with Crippen LogP contribution in [0.4, 0.5) is 0 Å². The van der Waals surface area contributed by atoms with Crippen LogP contribution < -0.4 is 15.6 Å². The van der Waals surface area contributed by atoms with Crippen LogP contribution in [0.2, 0.25) is 10.0 Å². The number of hydrazine groups is 1. The summed E-state index contributed by atoms with van der Waals surface area (Å²) in [5.74, 6) is 0.621. The van der Waals surface area contributed by atoms with Gasteiger partial charge in [0.1, 0.15) is 5.75 Å². The minimum Gasteiger partial charge on any atom is -0.494 e. The fourth-order valence-electron chi connectivity index (χ4n) is 4.59. The van der Waals surface area contributed by atoms with Crippen LogP contribution >= 0.6 is 39.1 Å². The largest absolute Gasteiger partial charge is 0.494 e. The number of aliphatic imine (C=N–C) groups is 1. The molecule has 0 radical (unpaired) electrons. The first kappa shape index (κ1) is 32.3. The van der Waals surface area contributed by atoms with E-state index in [0.717, 1.165) is 16.5 Å². The third-order valence-electron chi connectivity index (χ3n) is 6.89. The zero-order chi connectivity index (χ0) is 30.3. The molecule has 0 spiro atoms. The number of carbonyl (C=O) groups is 1. The number of benzene rings is 3. The average Bonchev–Trinajstić information content (AvgIpc) is 3.32. The van der Waals surface area contributed by atoms with Crippen molar-refractivity contribution in [1.82, 2.24) is 10.9 Å². The van der Waals surface area contributed by atoms with Crippen molar-refractivity contribution in [3.8, 4) is 5.75 Å². The van der Waals surface area contributed by atoms with E-state index in [2.05, 4.69) is 47.6 Å². The number of hydrogen-bond acceptors (Lipinski definition) is 6. The number of nitrogens with one attached hydrogen (secondary N) is 2. The molecule has 224 valence electrons. The number of carbonyl (C=O) groups excluding carboxylic acids is 1. The van der Waals surface area contributed by atoms with Gasteiger partial charge in [0.15, 0.2) is 11.6 Å². The van der Waals surface area contributed by atoms with Crippen molar-refractivity contribution in [3.05, 3.63) is 97.9 Å². The second-order valence-corrected chi connectivity index (χ2v) is 13.1. The number of rotatable bonds is 12. The first-order valence-corrected chi connectivity index (χ1v) is 15.4. The zero-order valence-electron chi connectivity index (χ0n) is 23.9. The molecule has 0 aliphatic carbocycles. The monoisotopic (exact) mass is 675 g/mol. The van der Waals surface area contributed by atoms with Crippen molar-refractivity contribution in [2.75, 3.05) is 19.8 Å². The number of ether oxygens (including phenoxy) is 2. The Morgan fingerprint density at radius 1 is 1.12 bits per heavy atom. The maximum atomic E-state index is 14.3. The molecule has 42 heavy (non-hydrogen) atoms. The number of amides is 1. The number of aliphatic hydroxyl groups excluding tert-OH is 1. The number of halogens is 3. The maximum absolute atomic E-state index is 14.3. The van der Waals surface area contributed by atoms with Gasteiger partial charge in [0, 0.05) is 51.6 Å². The second-order valence-electron chi connectivity index (χ2n) is 11.4. The predicted molar refractivity (Wildman–Crippen MR) is 171 cm³/mol. The fourth-order valence-corrected chi connectivity index (χ4v) is 5.53. The highest BCUT2D eigenvalue weighted by atomic mass is 79.9. The van der Waals surface area contributed by atoms with E-state index >= 15 is 0 Å². The van der Waals surface area contributed by atoms with Gasteiger partial charge < -0.3 is 14.6 Å². The minimum atomic E-state index is -1.41. The Balaban J connectivity index is 1.77. The van der Waals surface area contributed by atoms with E-state index in [1.807, 2.05) is 48.5 Å². The van der Waals surface area contributed by atoms with Crippen LogP contribution in [0.15, 0.2) is 76.2 Å². The Morgan fingerprint density at radius 3 is 2.52 bits per heavy atom. The average molecular weight is 677 g/mol. The molecule has 1 aliphatic heterocycles. The lowest BCUT2D eigenvalue weighted by Gasteiger charge is -2.31. The van der Waals surface area contributed by atoms with Crippen molar-refractivity contribution >= 4 is 50.9 Å². The van der Waals surface area contributed by atoms with E-state index < -0.39 is 11.6 Å². The molecular formula is C32H36BrCl2N3O4. The molecule has 10 heteroatoms. The van der Waals surface area contributed by atoms with Gasteiger partial charge in [-0.2, -0.15) is 0 Å². The summed E-state index contributed by atoms with van der Waals surface area (Å²) in [6.07, 6.45) is 0.775. The van der Waals surface area contributed by atoms with Gasteiger partial charge in [-0.15, -0.1) is 0 Å². The van der Waals surface area contributed by atoms with Gasteiger partial charge in [-0.3, -0.25) is 10.2 Å². The molecular weight excluding hydrogens is 641 g/mol. The summed E-state index contributed by atoms with van der Waals surface area (Å²) in [6, 6.07) is 20.2. The smallest absolute Gasteiger partial charge is 0.266 e. The number of hydrogen-bond donors (Lipinski definition) is 3. The lowest BCUT2D eigenvalue weighted by atomic mass is 9.82. The number of aliphatic hydroxyl groups is 1. The Labute approximate surface area is 265 Å². The molecule has 4 rings (SSSR count). The van der Waals surface area contributed by atoms with Crippen LogP contribution in [0.25, 0.3) is 0 Å². The van der Waals surface area contributed by atoms with E-state index in [9.17, 15) is 4.79 Å². The molecule has 3 aromatic rings. The molecule has 0 aromatic heterocycles. The summed E-state index contributed by atoms with van der Waals surface area (Å²) in [5.41, 5.74) is 6.87. The van der Waals surface area contributed by atoms with Crippen molar-refractivity contribution in [2.45, 2.75) is 51.7 Å². The highest BCUT2D eigenvalue weighted by molar-refractivity contribution is 9.10. The summed E-state index contributed by atoms with van der Waals surface area (Å²) in [5, 5.41) is 9.89. The normalized spacial score (nSPS) is 18.4. The van der Waals surface area contributed by atoms with Crippen LogP contribution in [0.1, 0.15) is 56.4 Å². The van der Waals surface area contributed by atoms with E-state index in [1.54, 1.807) is 18.2 Å². The molecule has 0 fully saturated rings. The lowest BCUT2D eigenvalue weighted by molar-refractivity contribution is -0.130. The van der Waals surface area contributed by atoms with Crippen LogP contribution in [0.3, 0.4) is 0 Å². The molecule has 0 saturated carbocycles. The molecule has 1 amide bonds. The van der Waals surface area contributed by atoms with Crippen molar-refractivity contribution < 1.29 is 19.4 Å². The first-order chi connectivity index (χ1) is 20.0. The SMILES string of the molecule is CC(C)(C)CCNNC(=O)[C@@]1(Cc2ccccc2Br)N=C(c2ccc(OCCCO)cc2)O[C@H]1c1ccc(Cl)cc1Cl. The predicted octanol–water partition coefficient (Wildman–Crippen LogP) is 7.07. The molecule has 2 atom stereocenters. The summed E-state index contributed by atoms with van der Waals surface area (Å²) in [7, 11) is 0. The summed E-state index contributed by atoms with van der Waals surface area (Å²) in [6.45, 7) is 7.49. The molecule has 1 heterocycles. The van der Waals surface area contributed by atoms with Crippen LogP contribution in [0, 0.1) is 5.41 Å². The van der Waals surface area contributed by atoms with E-state index in [1.165, 1.54) is 0 Å². The van der Waals surface area contributed by atoms with Gasteiger partial charge in [0.2, 0.25) is 5.90 Å². The lowest BCUT2D eigenvalue weighted by Crippen LogP contribution is -2.54.